The first-order valence-corrected chi connectivity index (χ1v) is 7.40. The molecular weight excluding hydrogens is 252 g/mol. The van der Waals surface area contributed by atoms with E-state index in [1.807, 2.05) is 6.07 Å². The molecule has 0 aliphatic carbocycles. The van der Waals surface area contributed by atoms with Crippen molar-refractivity contribution in [2.75, 3.05) is 7.05 Å². The van der Waals surface area contributed by atoms with Gasteiger partial charge in [0.1, 0.15) is 0 Å². The molecule has 1 aromatic carbocycles. The minimum absolute atomic E-state index is 0.231. The Morgan fingerprint density at radius 1 is 1.25 bits per heavy atom. The lowest BCUT2D eigenvalue weighted by Gasteiger charge is -2.40. The lowest BCUT2D eigenvalue weighted by atomic mass is 9.96. The molecule has 2 saturated heterocycles. The summed E-state index contributed by atoms with van der Waals surface area (Å²) in [4.78, 5) is 15.4. The maximum atomic E-state index is 11.3. The third-order valence-electron chi connectivity index (χ3n) is 4.83. The molecule has 3 rings (SSSR count). The molecule has 20 heavy (non-hydrogen) atoms. The summed E-state index contributed by atoms with van der Waals surface area (Å²) in [5, 5.41) is 9.29. The highest BCUT2D eigenvalue weighted by molar-refractivity contribution is 5.66. The zero-order valence-electron chi connectivity index (χ0n) is 11.9. The second-order valence-corrected chi connectivity index (χ2v) is 6.10. The van der Waals surface area contributed by atoms with E-state index in [0.717, 1.165) is 32.2 Å². The van der Waals surface area contributed by atoms with E-state index < -0.39 is 6.09 Å². The largest absolute Gasteiger partial charge is 0.465 e. The first kappa shape index (κ1) is 13.4. The molecule has 108 valence electrons. The van der Waals surface area contributed by atoms with Gasteiger partial charge in [0.05, 0.1) is 0 Å². The van der Waals surface area contributed by atoms with Gasteiger partial charge in [-0.25, -0.2) is 4.79 Å². The number of hydrogen-bond acceptors (Lipinski definition) is 2. The molecule has 2 aliphatic heterocycles. The van der Waals surface area contributed by atoms with Crippen LogP contribution in [0.2, 0.25) is 0 Å². The van der Waals surface area contributed by atoms with Gasteiger partial charge in [0.25, 0.3) is 0 Å². The van der Waals surface area contributed by atoms with Crippen molar-refractivity contribution in [3.63, 3.8) is 0 Å². The number of nitrogens with zero attached hydrogens (tertiary/aromatic N) is 2. The molecule has 0 radical (unpaired) electrons. The summed E-state index contributed by atoms with van der Waals surface area (Å²) in [6.07, 6.45) is 3.29. The second kappa shape index (κ2) is 5.44. The van der Waals surface area contributed by atoms with E-state index in [4.69, 9.17) is 0 Å². The average Bonchev–Trinajstić information content (AvgIpc) is 2.71. The molecular formula is C16H22N2O2. The van der Waals surface area contributed by atoms with Gasteiger partial charge in [0, 0.05) is 24.7 Å². The van der Waals surface area contributed by atoms with E-state index in [-0.39, 0.29) is 12.1 Å². The van der Waals surface area contributed by atoms with Gasteiger partial charge in [-0.2, -0.15) is 0 Å². The highest BCUT2D eigenvalue weighted by Gasteiger charge is 2.44. The van der Waals surface area contributed by atoms with Crippen LogP contribution in [0.1, 0.15) is 31.2 Å². The maximum Gasteiger partial charge on any atom is 0.407 e. The van der Waals surface area contributed by atoms with Gasteiger partial charge in [-0.15, -0.1) is 0 Å². The van der Waals surface area contributed by atoms with Crippen molar-refractivity contribution >= 4 is 6.09 Å². The van der Waals surface area contributed by atoms with E-state index in [1.165, 1.54) is 5.56 Å². The number of benzene rings is 1. The number of amides is 1. The van der Waals surface area contributed by atoms with Crippen molar-refractivity contribution in [2.45, 2.75) is 50.4 Å². The van der Waals surface area contributed by atoms with Gasteiger partial charge in [-0.05, 0) is 38.3 Å². The molecule has 1 aromatic rings. The molecule has 2 unspecified atom stereocenters. The number of piperidine rings is 1. The first-order valence-electron chi connectivity index (χ1n) is 7.40. The Hall–Kier alpha value is -1.55. The summed E-state index contributed by atoms with van der Waals surface area (Å²) in [6, 6.07) is 11.4. The smallest absolute Gasteiger partial charge is 0.407 e. The summed E-state index contributed by atoms with van der Waals surface area (Å²) in [5.74, 6) is 0. The van der Waals surface area contributed by atoms with Crippen LogP contribution in [-0.2, 0) is 6.54 Å². The van der Waals surface area contributed by atoms with Crippen LogP contribution in [0.3, 0.4) is 0 Å². The molecule has 4 heteroatoms. The van der Waals surface area contributed by atoms with Crippen LogP contribution in [0, 0.1) is 0 Å². The Balaban J connectivity index is 1.64. The zero-order chi connectivity index (χ0) is 14.1. The Kier molecular flexibility index (Phi) is 3.66. The van der Waals surface area contributed by atoms with Crippen LogP contribution in [0.5, 0.6) is 0 Å². The van der Waals surface area contributed by atoms with Crippen LogP contribution in [0.25, 0.3) is 0 Å². The molecule has 2 bridgehead atoms. The van der Waals surface area contributed by atoms with E-state index in [2.05, 4.69) is 36.2 Å². The Labute approximate surface area is 120 Å². The molecule has 2 atom stereocenters. The lowest BCUT2D eigenvalue weighted by Crippen LogP contribution is -2.51. The second-order valence-electron chi connectivity index (χ2n) is 6.10. The van der Waals surface area contributed by atoms with E-state index in [1.54, 1.807) is 4.90 Å². The maximum absolute atomic E-state index is 11.3. The van der Waals surface area contributed by atoms with E-state index >= 15 is 0 Å². The van der Waals surface area contributed by atoms with Gasteiger partial charge in [-0.1, -0.05) is 30.3 Å². The van der Waals surface area contributed by atoms with Crippen molar-refractivity contribution in [2.24, 2.45) is 0 Å². The summed E-state index contributed by atoms with van der Waals surface area (Å²) in [6.45, 7) is 0.942. The Morgan fingerprint density at radius 3 is 2.40 bits per heavy atom. The van der Waals surface area contributed by atoms with Gasteiger partial charge in [0.15, 0.2) is 0 Å². The van der Waals surface area contributed by atoms with Crippen molar-refractivity contribution in [1.82, 2.24) is 9.80 Å². The highest BCUT2D eigenvalue weighted by Crippen LogP contribution is 2.37. The SMILES string of the molecule is CN(Cc1ccccc1)C1CC2CCC(C1)N2C(=O)O. The van der Waals surface area contributed by atoms with Gasteiger partial charge in [0.2, 0.25) is 0 Å². The van der Waals surface area contributed by atoms with Crippen molar-refractivity contribution in [1.29, 1.82) is 0 Å². The van der Waals surface area contributed by atoms with Crippen molar-refractivity contribution < 1.29 is 9.90 Å². The summed E-state index contributed by atoms with van der Waals surface area (Å²) < 4.78 is 0. The minimum Gasteiger partial charge on any atom is -0.465 e. The standard InChI is InChI=1S/C16H22N2O2/c1-17(11-12-5-3-2-4-6-12)15-9-13-7-8-14(10-15)18(13)16(19)20/h2-6,13-15H,7-11H2,1H3,(H,19,20). The summed E-state index contributed by atoms with van der Waals surface area (Å²) >= 11 is 0. The molecule has 2 heterocycles. The van der Waals surface area contributed by atoms with Gasteiger partial charge in [-0.3, -0.25) is 4.90 Å². The molecule has 0 aromatic heterocycles. The van der Waals surface area contributed by atoms with Crippen LogP contribution in [0.15, 0.2) is 30.3 Å². The molecule has 2 aliphatic rings. The zero-order valence-corrected chi connectivity index (χ0v) is 11.9. The molecule has 0 spiro atoms. The van der Waals surface area contributed by atoms with Crippen molar-refractivity contribution in [3.8, 4) is 0 Å². The number of fused-ring (bicyclic) bond motifs is 2. The van der Waals surface area contributed by atoms with E-state index in [0.29, 0.717) is 6.04 Å². The fourth-order valence-electron chi connectivity index (χ4n) is 3.82. The van der Waals surface area contributed by atoms with Gasteiger partial charge >= 0.3 is 6.09 Å². The predicted molar refractivity (Wildman–Crippen MR) is 77.6 cm³/mol. The van der Waals surface area contributed by atoms with E-state index in [9.17, 15) is 9.90 Å². The lowest BCUT2D eigenvalue weighted by molar-refractivity contribution is 0.0631. The minimum atomic E-state index is -0.735. The third-order valence-corrected chi connectivity index (χ3v) is 4.83. The quantitative estimate of drug-likeness (QED) is 0.921. The Bertz CT molecular complexity index is 463. The topological polar surface area (TPSA) is 43.8 Å². The number of hydrogen-bond donors (Lipinski definition) is 1. The number of carboxylic acid groups (broad SMARTS) is 1. The van der Waals surface area contributed by atoms with Crippen LogP contribution in [0.4, 0.5) is 4.79 Å². The van der Waals surface area contributed by atoms with Gasteiger partial charge < -0.3 is 10.0 Å². The van der Waals surface area contributed by atoms with Crippen LogP contribution in [-0.4, -0.2) is 46.2 Å². The highest BCUT2D eigenvalue weighted by atomic mass is 16.4. The molecule has 1 N–H and O–H groups in total. The fraction of sp³-hybridized carbons (Fsp3) is 0.562. The van der Waals surface area contributed by atoms with Crippen LogP contribution >= 0.6 is 0 Å². The molecule has 0 saturated carbocycles. The predicted octanol–water partition coefficient (Wildman–Crippen LogP) is 2.79. The first-order chi connectivity index (χ1) is 9.65. The third kappa shape index (κ3) is 2.52. The summed E-state index contributed by atoms with van der Waals surface area (Å²) in [5.41, 5.74) is 1.32. The number of rotatable bonds is 3. The Morgan fingerprint density at radius 2 is 1.85 bits per heavy atom. The molecule has 4 nitrogen and oxygen atoms in total. The normalized spacial score (nSPS) is 28.9. The summed E-state index contributed by atoms with van der Waals surface area (Å²) in [7, 11) is 2.16. The number of carbonyl (C=O) groups is 1. The fourth-order valence-corrected chi connectivity index (χ4v) is 3.82. The van der Waals surface area contributed by atoms with Crippen molar-refractivity contribution in [3.05, 3.63) is 35.9 Å². The average molecular weight is 274 g/mol. The molecule has 1 amide bonds. The monoisotopic (exact) mass is 274 g/mol. The molecule has 2 fully saturated rings. The van der Waals surface area contributed by atoms with Crippen LogP contribution < -0.4 is 0 Å².